The Labute approximate surface area is 220 Å². The fourth-order valence-electron chi connectivity index (χ4n) is 3.17. The van der Waals surface area contributed by atoms with Gasteiger partial charge in [0.25, 0.3) is 5.69 Å². The molecule has 0 fully saturated rings. The third-order valence-electron chi connectivity index (χ3n) is 5.22. The Kier molecular flexibility index (Phi) is 8.51. The number of carbonyl (C=O) groups is 1. The minimum Gasteiger partial charge on any atom is -0.493 e. The summed E-state index contributed by atoms with van der Waals surface area (Å²) in [6, 6.07) is 13.3. The molecule has 3 rings (SSSR count). The van der Waals surface area contributed by atoms with Gasteiger partial charge in [0.15, 0.2) is 5.84 Å². The number of benzene rings is 2. The average molecular weight is 544 g/mol. The normalized spacial score (nSPS) is 12.2. The van der Waals surface area contributed by atoms with Crippen molar-refractivity contribution >= 4 is 33.4 Å². The third-order valence-corrected chi connectivity index (χ3v) is 6.34. The lowest BCUT2D eigenvalue weighted by molar-refractivity contribution is -0.384. The van der Waals surface area contributed by atoms with Crippen LogP contribution in [0.2, 0.25) is 0 Å². The van der Waals surface area contributed by atoms with Crippen LogP contribution in [-0.2, 0) is 24.6 Å². The molecule has 1 aromatic heterocycles. The highest BCUT2D eigenvalue weighted by Gasteiger charge is 2.24. The molecular weight excluding hydrogens is 514 g/mol. The van der Waals surface area contributed by atoms with Gasteiger partial charge in [-0.15, -0.1) is 0 Å². The number of rotatable bonds is 9. The zero-order valence-corrected chi connectivity index (χ0v) is 22.5. The van der Waals surface area contributed by atoms with Crippen molar-refractivity contribution < 1.29 is 27.2 Å². The molecule has 0 aliphatic heterocycles. The van der Waals surface area contributed by atoms with Crippen LogP contribution in [0.4, 0.5) is 11.5 Å². The second-order valence-corrected chi connectivity index (χ2v) is 11.0. The fraction of sp³-hybridized carbons (Fsp3) is 0.320. The largest absolute Gasteiger partial charge is 0.493 e. The van der Waals surface area contributed by atoms with Gasteiger partial charge < -0.3 is 10.1 Å². The summed E-state index contributed by atoms with van der Waals surface area (Å²) in [5.41, 5.74) is 1.02. The predicted molar refractivity (Wildman–Crippen MR) is 141 cm³/mol. The van der Waals surface area contributed by atoms with E-state index in [1.165, 1.54) is 48.0 Å². The number of ether oxygens (including phenoxy) is 1. The topological polar surface area (TPSA) is 155 Å². The first-order valence-electron chi connectivity index (χ1n) is 11.6. The first kappa shape index (κ1) is 28.3. The zero-order valence-electron chi connectivity index (χ0n) is 21.7. The molecule has 0 aliphatic rings. The lowest BCUT2D eigenvalue weighted by atomic mass is 9.92. The second-order valence-electron chi connectivity index (χ2n) is 9.46. The van der Waals surface area contributed by atoms with E-state index in [1.54, 1.807) is 18.2 Å². The summed E-state index contributed by atoms with van der Waals surface area (Å²) in [6.07, 6.45) is 0.0122. The Morgan fingerprint density at radius 3 is 2.32 bits per heavy atom. The van der Waals surface area contributed by atoms with Crippen molar-refractivity contribution in [2.75, 3.05) is 11.9 Å². The number of hydrogen-bond acceptors (Lipinski definition) is 9. The molecule has 3 aromatic rings. The van der Waals surface area contributed by atoms with Crippen LogP contribution in [0, 0.1) is 17.0 Å². The van der Waals surface area contributed by atoms with Gasteiger partial charge in [-0.1, -0.05) is 38.5 Å². The number of oxime groups is 1. The van der Waals surface area contributed by atoms with Crippen molar-refractivity contribution in [1.82, 2.24) is 9.78 Å². The Morgan fingerprint density at radius 2 is 1.76 bits per heavy atom. The molecule has 12 nitrogen and oxygen atoms in total. The number of nitro groups is 1. The molecule has 38 heavy (non-hydrogen) atoms. The van der Waals surface area contributed by atoms with Gasteiger partial charge in [0.05, 0.1) is 17.2 Å². The van der Waals surface area contributed by atoms with E-state index >= 15 is 0 Å². The number of non-ortho nitro benzene ring substituents is 1. The van der Waals surface area contributed by atoms with Crippen LogP contribution < -0.4 is 10.1 Å². The number of amides is 1. The summed E-state index contributed by atoms with van der Waals surface area (Å²) in [5.74, 6) is 0.317. The number of carbonyl (C=O) groups excluding carboxylic acids is 1. The van der Waals surface area contributed by atoms with Gasteiger partial charge in [-0.3, -0.25) is 19.2 Å². The van der Waals surface area contributed by atoms with Crippen molar-refractivity contribution in [2.24, 2.45) is 5.16 Å². The third kappa shape index (κ3) is 7.38. The minimum absolute atomic E-state index is 0.00515. The Balaban J connectivity index is 1.94. The van der Waals surface area contributed by atoms with Crippen LogP contribution in [0.3, 0.4) is 0 Å². The smallest absolute Gasteiger partial charge is 0.358 e. The first-order valence-corrected chi connectivity index (χ1v) is 13.0. The maximum Gasteiger partial charge on any atom is 0.358 e. The standard InChI is InChI=1S/C25H29N5O7S/c1-17-6-12-21(13-7-17)38(34,35)37-28-23(14-15-36-20-10-8-19(9-11-20)30(32)33)29-24(26-18(2)31)16-22(27-29)25(3,4)5/h6-13,16H,14-15H2,1-5H3,(H,26,31)/b28-23+. The molecule has 13 heteroatoms. The van der Waals surface area contributed by atoms with E-state index < -0.39 is 20.5 Å². The predicted octanol–water partition coefficient (Wildman–Crippen LogP) is 4.39. The van der Waals surface area contributed by atoms with Gasteiger partial charge >= 0.3 is 10.1 Å². The van der Waals surface area contributed by atoms with Gasteiger partial charge in [-0.2, -0.15) is 18.2 Å². The first-order chi connectivity index (χ1) is 17.8. The summed E-state index contributed by atoms with van der Waals surface area (Å²) < 4.78 is 37.6. The molecule has 0 saturated heterocycles. The molecular formula is C25H29N5O7S. The fourth-order valence-corrected chi connectivity index (χ4v) is 3.91. The molecule has 1 amide bonds. The van der Waals surface area contributed by atoms with E-state index in [9.17, 15) is 23.3 Å². The summed E-state index contributed by atoms with van der Waals surface area (Å²) in [5, 5.41) is 22.0. The van der Waals surface area contributed by atoms with Crippen LogP contribution in [0.15, 0.2) is 64.6 Å². The lowest BCUT2D eigenvalue weighted by Crippen LogP contribution is -2.23. The van der Waals surface area contributed by atoms with Crippen LogP contribution in [-0.4, -0.2) is 41.5 Å². The van der Waals surface area contributed by atoms with Gasteiger partial charge in [0.2, 0.25) is 5.91 Å². The highest BCUT2D eigenvalue weighted by Crippen LogP contribution is 2.25. The van der Waals surface area contributed by atoms with E-state index in [2.05, 4.69) is 15.6 Å². The monoisotopic (exact) mass is 543 g/mol. The van der Waals surface area contributed by atoms with Crippen molar-refractivity contribution in [2.45, 2.75) is 51.3 Å². The summed E-state index contributed by atoms with van der Waals surface area (Å²) in [4.78, 5) is 22.1. The Hall–Kier alpha value is -4.26. The molecule has 0 radical (unpaired) electrons. The van der Waals surface area contributed by atoms with Crippen LogP contribution in [0.25, 0.3) is 0 Å². The van der Waals surface area contributed by atoms with E-state index in [4.69, 9.17) is 9.02 Å². The van der Waals surface area contributed by atoms with Crippen molar-refractivity contribution in [1.29, 1.82) is 0 Å². The van der Waals surface area contributed by atoms with Crippen LogP contribution in [0.5, 0.6) is 5.75 Å². The maximum absolute atomic E-state index is 12.8. The zero-order chi connectivity index (χ0) is 28.1. The number of nitro benzene ring substituents is 1. The van der Waals surface area contributed by atoms with E-state index in [0.717, 1.165) is 5.56 Å². The number of nitrogens with one attached hydrogen (secondary N) is 1. The molecule has 2 aromatic carbocycles. The van der Waals surface area contributed by atoms with Crippen LogP contribution >= 0.6 is 0 Å². The number of aromatic nitrogens is 2. The summed E-state index contributed by atoms with van der Waals surface area (Å²) in [7, 11) is -4.25. The van der Waals surface area contributed by atoms with Crippen molar-refractivity contribution in [3.05, 3.63) is 76.0 Å². The highest BCUT2D eigenvalue weighted by atomic mass is 32.2. The molecule has 0 unspecified atom stereocenters. The number of hydrogen-bond donors (Lipinski definition) is 1. The molecule has 1 heterocycles. The van der Waals surface area contributed by atoms with Crippen LogP contribution in [0.1, 0.15) is 45.4 Å². The maximum atomic E-state index is 12.8. The van der Waals surface area contributed by atoms with E-state index in [0.29, 0.717) is 11.4 Å². The van der Waals surface area contributed by atoms with Gasteiger partial charge in [0.1, 0.15) is 16.5 Å². The molecule has 1 N–H and O–H groups in total. The number of nitrogens with zero attached hydrogens (tertiary/aromatic N) is 4. The van der Waals surface area contributed by atoms with E-state index in [-0.39, 0.29) is 41.2 Å². The Bertz CT molecular complexity index is 1440. The highest BCUT2D eigenvalue weighted by molar-refractivity contribution is 7.86. The molecule has 0 atom stereocenters. The summed E-state index contributed by atoms with van der Waals surface area (Å²) >= 11 is 0. The van der Waals surface area contributed by atoms with Crippen molar-refractivity contribution in [3.63, 3.8) is 0 Å². The quantitative estimate of drug-likeness (QED) is 0.180. The lowest BCUT2D eigenvalue weighted by Gasteiger charge is -2.14. The van der Waals surface area contributed by atoms with Gasteiger partial charge in [0, 0.05) is 37.0 Å². The SMILES string of the molecule is CC(=O)Nc1cc(C(C)(C)C)nn1/C(CCOc1ccc([N+](=O)[O-])cc1)=N/OS(=O)(=O)c1ccc(C)cc1. The Morgan fingerprint density at radius 1 is 1.13 bits per heavy atom. The average Bonchev–Trinajstić information content (AvgIpc) is 3.25. The van der Waals surface area contributed by atoms with Crippen molar-refractivity contribution in [3.8, 4) is 5.75 Å². The van der Waals surface area contributed by atoms with Gasteiger partial charge in [-0.05, 0) is 36.3 Å². The molecule has 0 bridgehead atoms. The summed E-state index contributed by atoms with van der Waals surface area (Å²) in [6.45, 7) is 8.96. The van der Waals surface area contributed by atoms with Gasteiger partial charge in [-0.25, -0.2) is 0 Å². The molecule has 0 aliphatic carbocycles. The van der Waals surface area contributed by atoms with E-state index in [1.807, 2.05) is 27.7 Å². The second kappa shape index (κ2) is 11.4. The number of aryl methyl sites for hydroxylation is 1. The number of anilines is 1. The molecule has 202 valence electrons. The minimum atomic E-state index is -4.25. The molecule has 0 saturated carbocycles. The molecule has 0 spiro atoms.